The lowest BCUT2D eigenvalue weighted by Gasteiger charge is -2.12. The fourth-order valence-corrected chi connectivity index (χ4v) is 0.957. The number of rotatable bonds is 2. The van der Waals surface area contributed by atoms with Gasteiger partial charge in [0.05, 0.1) is 0 Å². The Bertz CT molecular complexity index is 433. The topological polar surface area (TPSA) is 35.2 Å². The fraction of sp³-hybridized carbons (Fsp3) is 0.333. The summed E-state index contributed by atoms with van der Waals surface area (Å²) in [6, 6.07) is 0.301. The second-order valence-corrected chi connectivity index (χ2v) is 2.71. The minimum absolute atomic E-state index is 0.559. The molecule has 1 aromatic carbocycles. The summed E-state index contributed by atoms with van der Waals surface area (Å²) in [6.45, 7) is -2.72. The lowest BCUT2D eigenvalue weighted by atomic mass is 10.1. The molecule has 0 spiro atoms. The van der Waals surface area contributed by atoms with Gasteiger partial charge in [-0.2, -0.15) is 0 Å². The van der Waals surface area contributed by atoms with E-state index < -0.39 is 36.4 Å². The van der Waals surface area contributed by atoms with Crippen LogP contribution in [0.15, 0.2) is 18.2 Å². The van der Waals surface area contributed by atoms with E-state index in [0.29, 0.717) is 12.1 Å². The third-order valence-corrected chi connectivity index (χ3v) is 1.54. The van der Waals surface area contributed by atoms with Gasteiger partial charge >= 0.3 is 6.36 Å². The number of ether oxygens (including phenoxy) is 1. The lowest BCUT2D eigenvalue weighted by Crippen LogP contribution is -2.17. The average Bonchev–Trinajstić information content (AvgIpc) is 2.16. The summed E-state index contributed by atoms with van der Waals surface area (Å²) in [5, 5.41) is 0. The van der Waals surface area contributed by atoms with E-state index in [2.05, 4.69) is 4.74 Å². The van der Waals surface area contributed by atoms with Crippen LogP contribution in [0.25, 0.3) is 0 Å². The molecule has 1 atom stereocenters. The predicted molar refractivity (Wildman–Crippen MR) is 45.7 cm³/mol. The Balaban J connectivity index is 3.09. The minimum Gasteiger partial charge on any atom is -0.406 e. The quantitative estimate of drug-likeness (QED) is 0.787. The first kappa shape index (κ1) is 7.92. The summed E-state index contributed by atoms with van der Waals surface area (Å²) in [5.74, 6) is -1.73. The van der Waals surface area contributed by atoms with Crippen molar-refractivity contribution in [3.63, 3.8) is 0 Å². The second kappa shape index (κ2) is 4.06. The molecule has 0 aromatic heterocycles. The van der Waals surface area contributed by atoms with Crippen LogP contribution >= 0.6 is 0 Å². The highest BCUT2D eigenvalue weighted by Gasteiger charge is 2.31. The molecule has 1 aromatic rings. The smallest absolute Gasteiger partial charge is 0.406 e. The third-order valence-electron chi connectivity index (χ3n) is 1.54. The Morgan fingerprint density at radius 2 is 2.13 bits per heavy atom. The standard InChI is InChI=1S/C9H9F4NO/c1-5(14)7-4-6(2-3-8(7)10)15-9(11,12)13/h2-5H,14H2,1H3/i1D3. The summed E-state index contributed by atoms with van der Waals surface area (Å²) < 4.78 is 73.7. The Kier molecular flexibility index (Phi) is 2.14. The Morgan fingerprint density at radius 1 is 1.47 bits per heavy atom. The fourth-order valence-electron chi connectivity index (χ4n) is 0.957. The summed E-state index contributed by atoms with van der Waals surface area (Å²) in [7, 11) is 0. The second-order valence-electron chi connectivity index (χ2n) is 2.71. The molecule has 6 heteroatoms. The molecule has 2 N–H and O–H groups in total. The van der Waals surface area contributed by atoms with Crippen LogP contribution in [0.3, 0.4) is 0 Å². The number of hydrogen-bond acceptors (Lipinski definition) is 2. The van der Waals surface area contributed by atoms with Gasteiger partial charge in [0, 0.05) is 15.7 Å². The van der Waals surface area contributed by atoms with E-state index in [1.165, 1.54) is 0 Å². The van der Waals surface area contributed by atoms with Crippen molar-refractivity contribution < 1.29 is 26.4 Å². The molecule has 2 nitrogen and oxygen atoms in total. The monoisotopic (exact) mass is 226 g/mol. The third kappa shape index (κ3) is 3.39. The molecule has 0 bridgehead atoms. The van der Waals surface area contributed by atoms with Crippen LogP contribution in [0.4, 0.5) is 17.6 Å². The number of nitrogens with two attached hydrogens (primary N) is 1. The van der Waals surface area contributed by atoms with E-state index in [-0.39, 0.29) is 0 Å². The van der Waals surface area contributed by atoms with Crippen molar-refractivity contribution in [1.29, 1.82) is 0 Å². The molecule has 0 saturated heterocycles. The van der Waals surface area contributed by atoms with E-state index in [4.69, 9.17) is 9.85 Å². The summed E-state index contributed by atoms with van der Waals surface area (Å²) in [4.78, 5) is 0. The molecule has 1 unspecified atom stereocenters. The molecule has 0 aliphatic heterocycles. The van der Waals surface area contributed by atoms with E-state index in [0.717, 1.165) is 6.07 Å². The molecule has 0 aliphatic carbocycles. The van der Waals surface area contributed by atoms with Gasteiger partial charge in [0.1, 0.15) is 11.6 Å². The minimum atomic E-state index is -4.95. The summed E-state index contributed by atoms with van der Waals surface area (Å²) >= 11 is 0. The largest absolute Gasteiger partial charge is 0.573 e. The normalized spacial score (nSPS) is 17.5. The molecule has 0 radical (unpaired) electrons. The molecule has 0 saturated carbocycles. The van der Waals surface area contributed by atoms with Crippen LogP contribution in [0.5, 0.6) is 5.75 Å². The van der Waals surface area contributed by atoms with E-state index in [1.54, 1.807) is 0 Å². The van der Waals surface area contributed by atoms with Crippen molar-refractivity contribution in [3.05, 3.63) is 29.6 Å². The van der Waals surface area contributed by atoms with Crippen molar-refractivity contribution in [2.24, 2.45) is 5.73 Å². The van der Waals surface area contributed by atoms with Gasteiger partial charge in [-0.15, -0.1) is 13.2 Å². The SMILES string of the molecule is [2H]C([2H])([2H])C(N)c1cc(OC(F)(F)F)ccc1F. The van der Waals surface area contributed by atoms with Gasteiger partial charge < -0.3 is 10.5 Å². The van der Waals surface area contributed by atoms with Crippen molar-refractivity contribution in [2.75, 3.05) is 0 Å². The van der Waals surface area contributed by atoms with Gasteiger partial charge in [0.25, 0.3) is 0 Å². The first-order valence-corrected chi connectivity index (χ1v) is 3.81. The lowest BCUT2D eigenvalue weighted by molar-refractivity contribution is -0.274. The van der Waals surface area contributed by atoms with Crippen LogP contribution in [-0.2, 0) is 0 Å². The Morgan fingerprint density at radius 3 is 2.67 bits per heavy atom. The van der Waals surface area contributed by atoms with Crippen LogP contribution < -0.4 is 10.5 Å². The van der Waals surface area contributed by atoms with Crippen molar-refractivity contribution in [1.82, 2.24) is 0 Å². The van der Waals surface area contributed by atoms with Crippen molar-refractivity contribution >= 4 is 0 Å². The van der Waals surface area contributed by atoms with Gasteiger partial charge in [0.2, 0.25) is 0 Å². The Labute approximate surface area is 87.9 Å². The van der Waals surface area contributed by atoms with Gasteiger partial charge in [-0.25, -0.2) is 4.39 Å². The maximum absolute atomic E-state index is 13.3. The molecule has 15 heavy (non-hydrogen) atoms. The number of benzene rings is 1. The first-order chi connectivity index (χ1) is 8.00. The van der Waals surface area contributed by atoms with Crippen LogP contribution in [0.1, 0.15) is 22.6 Å². The number of alkyl halides is 3. The Hall–Kier alpha value is -1.30. The van der Waals surface area contributed by atoms with Crippen LogP contribution in [0.2, 0.25) is 0 Å². The molecular weight excluding hydrogens is 214 g/mol. The van der Waals surface area contributed by atoms with E-state index in [9.17, 15) is 17.6 Å². The molecule has 0 amide bonds. The van der Waals surface area contributed by atoms with Crippen LogP contribution in [-0.4, -0.2) is 6.36 Å². The summed E-state index contributed by atoms with van der Waals surface area (Å²) in [6.07, 6.45) is -4.95. The van der Waals surface area contributed by atoms with Gasteiger partial charge in [-0.1, -0.05) is 0 Å². The zero-order valence-corrected chi connectivity index (χ0v) is 7.31. The zero-order chi connectivity index (χ0) is 14.1. The maximum Gasteiger partial charge on any atom is 0.573 e. The molecule has 0 fully saturated rings. The van der Waals surface area contributed by atoms with Gasteiger partial charge in [-0.05, 0) is 25.1 Å². The van der Waals surface area contributed by atoms with Crippen molar-refractivity contribution in [2.45, 2.75) is 19.3 Å². The molecule has 84 valence electrons. The highest BCUT2D eigenvalue weighted by molar-refractivity contribution is 5.31. The summed E-state index contributed by atoms with van der Waals surface area (Å²) in [5.41, 5.74) is 4.71. The highest BCUT2D eigenvalue weighted by Crippen LogP contribution is 2.26. The zero-order valence-electron chi connectivity index (χ0n) is 10.3. The first-order valence-electron chi connectivity index (χ1n) is 5.31. The predicted octanol–water partition coefficient (Wildman–Crippen LogP) is 2.74. The molecule has 0 heterocycles. The molecule has 1 rings (SSSR count). The molecule has 0 aliphatic rings. The van der Waals surface area contributed by atoms with Gasteiger partial charge in [-0.3, -0.25) is 0 Å². The maximum atomic E-state index is 13.3. The number of hydrogen-bond donors (Lipinski definition) is 1. The highest BCUT2D eigenvalue weighted by atomic mass is 19.4. The van der Waals surface area contributed by atoms with E-state index >= 15 is 0 Å². The van der Waals surface area contributed by atoms with Gasteiger partial charge in [0.15, 0.2) is 0 Å². The number of halogens is 4. The van der Waals surface area contributed by atoms with E-state index in [1.807, 2.05) is 0 Å². The molecular formula is C9H9F4NO. The van der Waals surface area contributed by atoms with Crippen LogP contribution in [0, 0.1) is 5.82 Å². The average molecular weight is 226 g/mol. The van der Waals surface area contributed by atoms with Crippen molar-refractivity contribution in [3.8, 4) is 5.75 Å².